The lowest BCUT2D eigenvalue weighted by Gasteiger charge is -2.35. The molecule has 0 unspecified atom stereocenters. The van der Waals surface area contributed by atoms with Crippen LogP contribution in [0.1, 0.15) is 81.9 Å². The summed E-state index contributed by atoms with van der Waals surface area (Å²) >= 11 is 0. The minimum absolute atomic E-state index is 0.0236. The second kappa shape index (κ2) is 13.1. The van der Waals surface area contributed by atoms with E-state index in [-0.39, 0.29) is 17.6 Å². The molecule has 214 valence electrons. The largest absolute Gasteiger partial charge is 0.497 e. The molecule has 0 fully saturated rings. The smallest absolute Gasteiger partial charge is 0.227 e. The van der Waals surface area contributed by atoms with Crippen LogP contribution in [0.25, 0.3) is 0 Å². The van der Waals surface area contributed by atoms with Crippen molar-refractivity contribution in [2.45, 2.75) is 70.8 Å². The van der Waals surface area contributed by atoms with Gasteiger partial charge in [0.25, 0.3) is 0 Å². The second-order valence-electron chi connectivity index (χ2n) is 10.8. The van der Waals surface area contributed by atoms with E-state index in [1.54, 1.807) is 7.11 Å². The van der Waals surface area contributed by atoms with Crippen LogP contribution in [0.2, 0.25) is 0 Å². The Morgan fingerprint density at radius 3 is 2.44 bits per heavy atom. The minimum Gasteiger partial charge on any atom is -0.497 e. The summed E-state index contributed by atoms with van der Waals surface area (Å²) in [6, 6.07) is 23.2. The first-order valence-electron chi connectivity index (χ1n) is 14.9. The van der Waals surface area contributed by atoms with E-state index in [0.29, 0.717) is 31.4 Å². The highest BCUT2D eigenvalue weighted by Gasteiger charge is 2.41. The summed E-state index contributed by atoms with van der Waals surface area (Å²) < 4.78 is 11.5. The first kappa shape index (κ1) is 28.5. The van der Waals surface area contributed by atoms with Crippen LogP contribution in [0, 0.1) is 0 Å². The summed E-state index contributed by atoms with van der Waals surface area (Å²) in [4.78, 5) is 30.2. The van der Waals surface area contributed by atoms with E-state index >= 15 is 0 Å². The fourth-order valence-corrected chi connectivity index (χ4v) is 5.99. The van der Waals surface area contributed by atoms with E-state index in [0.717, 1.165) is 65.4 Å². The maximum atomic E-state index is 14.3. The van der Waals surface area contributed by atoms with Crippen LogP contribution in [0.5, 0.6) is 11.5 Å². The maximum absolute atomic E-state index is 14.3. The zero-order chi connectivity index (χ0) is 28.8. The molecule has 6 heteroatoms. The third-order valence-electron chi connectivity index (χ3n) is 8.00. The monoisotopic (exact) mass is 552 g/mol. The average Bonchev–Trinajstić information content (AvgIpc) is 3.15. The van der Waals surface area contributed by atoms with E-state index in [1.807, 2.05) is 71.6 Å². The molecule has 0 saturated heterocycles. The lowest BCUT2D eigenvalue weighted by atomic mass is 9.78. The summed E-state index contributed by atoms with van der Waals surface area (Å²) in [6.45, 7) is 4.85. The number of amides is 1. The highest BCUT2D eigenvalue weighted by atomic mass is 16.5. The number of allylic oxidation sites excluding steroid dienone is 1. The Balaban J connectivity index is 1.63. The molecule has 3 aromatic carbocycles. The second-order valence-corrected chi connectivity index (χ2v) is 10.8. The number of nitrogens with one attached hydrogen (secondary N) is 1. The molecule has 2 aliphatic rings. The number of unbranched alkanes of at least 4 members (excludes halogenated alkanes) is 2. The predicted octanol–water partition coefficient (Wildman–Crippen LogP) is 7.96. The molecule has 0 radical (unpaired) electrons. The Bertz CT molecular complexity index is 1410. The molecule has 1 N–H and O–H groups in total. The molecule has 0 bridgehead atoms. The van der Waals surface area contributed by atoms with E-state index in [1.165, 1.54) is 0 Å². The van der Waals surface area contributed by atoms with E-state index < -0.39 is 6.04 Å². The number of carbonyl (C=O) groups excluding carboxylic acids is 2. The Kier molecular flexibility index (Phi) is 9.07. The number of fused-ring (bicyclic) bond motifs is 1. The van der Waals surface area contributed by atoms with Crippen molar-refractivity contribution in [3.05, 3.63) is 95.2 Å². The van der Waals surface area contributed by atoms with Gasteiger partial charge < -0.3 is 14.8 Å². The van der Waals surface area contributed by atoms with Crippen LogP contribution in [-0.2, 0) is 9.59 Å². The van der Waals surface area contributed by atoms with E-state index in [2.05, 4.69) is 25.2 Å². The molecule has 6 nitrogen and oxygen atoms in total. The van der Waals surface area contributed by atoms with Crippen LogP contribution in [0.3, 0.4) is 0 Å². The summed E-state index contributed by atoms with van der Waals surface area (Å²) in [5, 5.41) is 3.63. The molecule has 41 heavy (non-hydrogen) atoms. The predicted molar refractivity (Wildman–Crippen MR) is 164 cm³/mol. The number of ketones is 1. The normalized spacial score (nSPS) is 18.2. The van der Waals surface area contributed by atoms with Gasteiger partial charge in [-0.15, -0.1) is 0 Å². The molecule has 1 heterocycles. The first-order chi connectivity index (χ1) is 20.0. The van der Waals surface area contributed by atoms with Crippen molar-refractivity contribution in [3.8, 4) is 11.5 Å². The Morgan fingerprint density at radius 2 is 1.68 bits per heavy atom. The zero-order valence-electron chi connectivity index (χ0n) is 24.3. The summed E-state index contributed by atoms with van der Waals surface area (Å²) in [5.41, 5.74) is 5.10. The van der Waals surface area contributed by atoms with Gasteiger partial charge in [-0.2, -0.15) is 0 Å². The lowest BCUT2D eigenvalue weighted by molar-refractivity contribution is -0.119. The van der Waals surface area contributed by atoms with Crippen molar-refractivity contribution in [1.82, 2.24) is 0 Å². The van der Waals surface area contributed by atoms with Gasteiger partial charge in [0, 0.05) is 30.0 Å². The zero-order valence-corrected chi connectivity index (χ0v) is 24.3. The van der Waals surface area contributed by atoms with Gasteiger partial charge >= 0.3 is 0 Å². The van der Waals surface area contributed by atoms with Crippen LogP contribution < -0.4 is 19.7 Å². The first-order valence-corrected chi connectivity index (χ1v) is 14.9. The Labute approximate surface area is 243 Å². The molecule has 2 atom stereocenters. The molecule has 0 spiro atoms. The van der Waals surface area contributed by atoms with Gasteiger partial charge in [-0.25, -0.2) is 0 Å². The molecule has 3 aromatic rings. The number of benzene rings is 3. The average molecular weight is 553 g/mol. The minimum atomic E-state index is -0.541. The third-order valence-corrected chi connectivity index (χ3v) is 8.00. The molecule has 5 rings (SSSR count). The van der Waals surface area contributed by atoms with Crippen molar-refractivity contribution < 1.29 is 19.1 Å². The van der Waals surface area contributed by atoms with Crippen LogP contribution in [-0.4, -0.2) is 25.4 Å². The molecule has 1 aliphatic carbocycles. The van der Waals surface area contributed by atoms with Gasteiger partial charge in [0.05, 0.1) is 31.1 Å². The Hall–Kier alpha value is -4.06. The van der Waals surface area contributed by atoms with Gasteiger partial charge in [-0.1, -0.05) is 69.2 Å². The fourth-order valence-electron chi connectivity index (χ4n) is 5.99. The summed E-state index contributed by atoms with van der Waals surface area (Å²) in [6.07, 6.45) is 5.17. The quantitative estimate of drug-likeness (QED) is 0.258. The maximum Gasteiger partial charge on any atom is 0.227 e. The molecular weight excluding hydrogens is 512 g/mol. The highest BCUT2D eigenvalue weighted by molar-refractivity contribution is 6.06. The molecule has 0 saturated carbocycles. The number of ether oxygens (including phenoxy) is 2. The van der Waals surface area contributed by atoms with Crippen molar-refractivity contribution in [2.24, 2.45) is 0 Å². The van der Waals surface area contributed by atoms with Gasteiger partial charge in [0.15, 0.2) is 5.78 Å². The number of anilines is 2. The van der Waals surface area contributed by atoms with Gasteiger partial charge in [-0.05, 0) is 60.7 Å². The van der Waals surface area contributed by atoms with Crippen molar-refractivity contribution in [3.63, 3.8) is 0 Å². The number of methoxy groups -OCH3 is 1. The van der Waals surface area contributed by atoms with Crippen LogP contribution >= 0.6 is 0 Å². The van der Waals surface area contributed by atoms with Gasteiger partial charge in [-0.3, -0.25) is 14.5 Å². The van der Waals surface area contributed by atoms with Gasteiger partial charge in [0.1, 0.15) is 11.5 Å². The molecule has 1 aliphatic heterocycles. The summed E-state index contributed by atoms with van der Waals surface area (Å²) in [7, 11) is 1.64. The molecule has 0 aromatic heterocycles. The fraction of sp³-hybridized carbons (Fsp3) is 0.371. The van der Waals surface area contributed by atoms with E-state index in [4.69, 9.17) is 9.47 Å². The SMILES string of the molecule is CCCCCC(=O)N1c2ccccc2NC2=C(C(=O)C[C@H](c3ccccc3OCCC)C2)[C@@H]1c1ccc(OC)cc1. The number of hydrogen-bond donors (Lipinski definition) is 1. The van der Waals surface area contributed by atoms with Crippen LogP contribution in [0.4, 0.5) is 11.4 Å². The van der Waals surface area contributed by atoms with Crippen LogP contribution in [0.15, 0.2) is 84.1 Å². The number of rotatable bonds is 10. The van der Waals surface area contributed by atoms with Crippen molar-refractivity contribution in [2.75, 3.05) is 23.9 Å². The standard InChI is InChI=1S/C35H40N2O4/c1-4-6-7-16-33(39)37-30-14-10-9-13-28(30)36-29-22-25(27-12-8-11-15-32(27)41-21-5-2)23-31(38)34(29)35(37)24-17-19-26(40-3)20-18-24/h8-15,17-20,25,35-36H,4-7,16,21-23H2,1-3H3/t25-,35+/m1/s1. The lowest BCUT2D eigenvalue weighted by Crippen LogP contribution is -2.38. The number of nitrogens with zero attached hydrogens (tertiary/aromatic N) is 1. The molecule has 1 amide bonds. The van der Waals surface area contributed by atoms with Crippen molar-refractivity contribution >= 4 is 23.1 Å². The highest BCUT2D eigenvalue weighted by Crippen LogP contribution is 2.48. The number of Topliss-reactive ketones (excluding diaryl/α,β-unsaturated/α-hetero) is 1. The topological polar surface area (TPSA) is 67.9 Å². The van der Waals surface area contributed by atoms with Crippen molar-refractivity contribution in [1.29, 1.82) is 0 Å². The number of hydrogen-bond acceptors (Lipinski definition) is 5. The molecular formula is C35H40N2O4. The van der Waals surface area contributed by atoms with Gasteiger partial charge in [0.2, 0.25) is 5.91 Å². The third kappa shape index (κ3) is 6.02. The van der Waals surface area contributed by atoms with E-state index in [9.17, 15) is 9.59 Å². The Morgan fingerprint density at radius 1 is 0.927 bits per heavy atom. The number of para-hydroxylation sites is 3. The summed E-state index contributed by atoms with van der Waals surface area (Å²) in [5.74, 6) is 1.61. The number of carbonyl (C=O) groups is 2.